The Morgan fingerprint density at radius 3 is 2.72 bits per heavy atom. The van der Waals surface area contributed by atoms with Crippen LogP contribution in [0.4, 0.5) is 5.69 Å². The highest BCUT2D eigenvalue weighted by atomic mass is 35.5. The van der Waals surface area contributed by atoms with Crippen LogP contribution < -0.4 is 10.1 Å². The molecular formula is C13H20ClNO3. The molecule has 0 spiro atoms. The highest BCUT2D eigenvalue weighted by Crippen LogP contribution is 2.27. The number of hydrogen-bond donors (Lipinski definition) is 1. The van der Waals surface area contributed by atoms with Gasteiger partial charge in [-0.05, 0) is 18.6 Å². The summed E-state index contributed by atoms with van der Waals surface area (Å²) >= 11 is 5.94. The Hall–Kier alpha value is -0.970. The van der Waals surface area contributed by atoms with Crippen molar-refractivity contribution < 1.29 is 14.2 Å². The third kappa shape index (κ3) is 5.58. The van der Waals surface area contributed by atoms with Crippen molar-refractivity contribution in [3.8, 4) is 5.75 Å². The van der Waals surface area contributed by atoms with Gasteiger partial charge in [0.1, 0.15) is 5.75 Å². The molecular weight excluding hydrogens is 254 g/mol. The van der Waals surface area contributed by atoms with Crippen molar-refractivity contribution in [1.29, 1.82) is 0 Å². The Morgan fingerprint density at radius 1 is 1.17 bits per heavy atom. The summed E-state index contributed by atoms with van der Waals surface area (Å²) in [6.45, 7) is 2.87. The summed E-state index contributed by atoms with van der Waals surface area (Å²) in [7, 11) is 3.29. The Labute approximate surface area is 113 Å². The van der Waals surface area contributed by atoms with Gasteiger partial charge < -0.3 is 19.5 Å². The van der Waals surface area contributed by atoms with Crippen LogP contribution in [0.15, 0.2) is 18.2 Å². The molecule has 5 heteroatoms. The predicted octanol–water partition coefficient (Wildman–Crippen LogP) is 2.81. The lowest BCUT2D eigenvalue weighted by atomic mass is 10.3. The van der Waals surface area contributed by atoms with Crippen LogP contribution in [0.5, 0.6) is 5.75 Å². The molecule has 0 saturated heterocycles. The van der Waals surface area contributed by atoms with Crippen LogP contribution in [0.2, 0.25) is 5.02 Å². The summed E-state index contributed by atoms with van der Waals surface area (Å²) in [5.74, 6) is 0.669. The van der Waals surface area contributed by atoms with Crippen molar-refractivity contribution in [1.82, 2.24) is 0 Å². The monoisotopic (exact) mass is 273 g/mol. The van der Waals surface area contributed by atoms with E-state index >= 15 is 0 Å². The minimum Gasteiger partial charge on any atom is -0.495 e. The van der Waals surface area contributed by atoms with Gasteiger partial charge in [0, 0.05) is 38.6 Å². The van der Waals surface area contributed by atoms with Crippen molar-refractivity contribution in [2.75, 3.05) is 45.9 Å². The van der Waals surface area contributed by atoms with Crippen LogP contribution in [-0.4, -0.2) is 40.6 Å². The first-order valence-corrected chi connectivity index (χ1v) is 6.30. The normalized spacial score (nSPS) is 10.4. The van der Waals surface area contributed by atoms with Gasteiger partial charge in [-0.15, -0.1) is 0 Å². The molecule has 0 saturated carbocycles. The number of benzene rings is 1. The molecule has 18 heavy (non-hydrogen) atoms. The van der Waals surface area contributed by atoms with E-state index < -0.39 is 0 Å². The van der Waals surface area contributed by atoms with E-state index in [1.807, 2.05) is 18.2 Å². The minimum absolute atomic E-state index is 0.610. The number of nitrogens with one attached hydrogen (secondary N) is 1. The molecule has 0 amide bonds. The second kappa shape index (κ2) is 9.03. The molecule has 0 fully saturated rings. The lowest BCUT2D eigenvalue weighted by molar-refractivity contribution is 0.109. The van der Waals surface area contributed by atoms with Crippen LogP contribution in [0.25, 0.3) is 0 Å². The predicted molar refractivity (Wildman–Crippen MR) is 73.8 cm³/mol. The van der Waals surface area contributed by atoms with Gasteiger partial charge in [-0.1, -0.05) is 11.6 Å². The topological polar surface area (TPSA) is 39.7 Å². The highest BCUT2D eigenvalue weighted by molar-refractivity contribution is 6.32. The summed E-state index contributed by atoms with van der Waals surface area (Å²) in [6, 6.07) is 5.59. The number of halogens is 1. The lowest BCUT2D eigenvalue weighted by Gasteiger charge is -2.09. The fourth-order valence-corrected chi connectivity index (χ4v) is 1.64. The zero-order valence-corrected chi connectivity index (χ0v) is 11.6. The molecule has 1 aromatic rings. The Kier molecular flexibility index (Phi) is 7.57. The third-order valence-corrected chi connectivity index (χ3v) is 2.68. The van der Waals surface area contributed by atoms with Crippen LogP contribution >= 0.6 is 11.6 Å². The van der Waals surface area contributed by atoms with Crippen LogP contribution in [0, 0.1) is 0 Å². The first-order chi connectivity index (χ1) is 8.77. The summed E-state index contributed by atoms with van der Waals surface area (Å²) in [6.07, 6.45) is 0.922. The standard InChI is InChI=1S/C13H20ClNO3/c1-16-7-3-8-18-9-6-15-11-4-5-12(14)13(10-11)17-2/h4-5,10,15H,3,6-9H2,1-2H3. The molecule has 0 unspecified atom stereocenters. The van der Waals surface area contributed by atoms with E-state index in [0.29, 0.717) is 17.4 Å². The molecule has 1 N–H and O–H groups in total. The third-order valence-electron chi connectivity index (χ3n) is 2.36. The van der Waals surface area contributed by atoms with E-state index in [2.05, 4.69) is 5.32 Å². The second-order valence-corrected chi connectivity index (χ2v) is 4.14. The lowest BCUT2D eigenvalue weighted by Crippen LogP contribution is -2.10. The van der Waals surface area contributed by atoms with E-state index in [9.17, 15) is 0 Å². The zero-order chi connectivity index (χ0) is 13.2. The molecule has 0 bridgehead atoms. The fourth-order valence-electron chi connectivity index (χ4n) is 1.44. The van der Waals surface area contributed by atoms with Gasteiger partial charge in [0.2, 0.25) is 0 Å². The SMILES string of the molecule is COCCCOCCNc1ccc(Cl)c(OC)c1. The first-order valence-electron chi connectivity index (χ1n) is 5.92. The number of ether oxygens (including phenoxy) is 3. The van der Waals surface area contributed by atoms with Gasteiger partial charge in [-0.2, -0.15) is 0 Å². The van der Waals surface area contributed by atoms with E-state index in [1.54, 1.807) is 14.2 Å². The van der Waals surface area contributed by atoms with Gasteiger partial charge >= 0.3 is 0 Å². The quantitative estimate of drug-likeness (QED) is 0.703. The maximum absolute atomic E-state index is 5.94. The molecule has 0 aliphatic rings. The molecule has 102 valence electrons. The van der Waals surface area contributed by atoms with E-state index in [0.717, 1.165) is 31.9 Å². The molecule has 1 rings (SSSR count). The van der Waals surface area contributed by atoms with Crippen molar-refractivity contribution >= 4 is 17.3 Å². The molecule has 1 aromatic carbocycles. The summed E-state index contributed by atoms with van der Waals surface area (Å²) < 4.78 is 15.5. The fraction of sp³-hybridized carbons (Fsp3) is 0.538. The van der Waals surface area contributed by atoms with Crippen molar-refractivity contribution in [3.05, 3.63) is 23.2 Å². The van der Waals surface area contributed by atoms with Crippen LogP contribution in [0.3, 0.4) is 0 Å². The number of hydrogen-bond acceptors (Lipinski definition) is 4. The van der Waals surface area contributed by atoms with Gasteiger partial charge in [-0.25, -0.2) is 0 Å². The van der Waals surface area contributed by atoms with Crippen LogP contribution in [-0.2, 0) is 9.47 Å². The molecule has 0 atom stereocenters. The highest BCUT2D eigenvalue weighted by Gasteiger charge is 2.01. The Bertz CT molecular complexity index is 347. The molecule has 0 aliphatic heterocycles. The van der Waals surface area contributed by atoms with Gasteiger partial charge in [0.25, 0.3) is 0 Å². The second-order valence-electron chi connectivity index (χ2n) is 3.73. The van der Waals surface area contributed by atoms with E-state index in [1.165, 1.54) is 0 Å². The van der Waals surface area contributed by atoms with Gasteiger partial charge in [-0.3, -0.25) is 0 Å². The maximum Gasteiger partial charge on any atom is 0.139 e. The smallest absolute Gasteiger partial charge is 0.139 e. The zero-order valence-electron chi connectivity index (χ0n) is 10.9. The number of methoxy groups -OCH3 is 2. The first kappa shape index (κ1) is 15.1. The van der Waals surface area contributed by atoms with E-state index in [4.69, 9.17) is 25.8 Å². The average Bonchev–Trinajstić information content (AvgIpc) is 2.39. The minimum atomic E-state index is 0.610. The summed E-state index contributed by atoms with van der Waals surface area (Å²) in [4.78, 5) is 0. The summed E-state index contributed by atoms with van der Waals surface area (Å²) in [5, 5.41) is 3.85. The molecule has 0 aliphatic carbocycles. The van der Waals surface area contributed by atoms with Gasteiger partial charge in [0.05, 0.1) is 18.7 Å². The average molecular weight is 274 g/mol. The molecule has 0 radical (unpaired) electrons. The van der Waals surface area contributed by atoms with E-state index in [-0.39, 0.29) is 0 Å². The molecule has 4 nitrogen and oxygen atoms in total. The Morgan fingerprint density at radius 2 is 2.00 bits per heavy atom. The largest absolute Gasteiger partial charge is 0.495 e. The van der Waals surface area contributed by atoms with Crippen LogP contribution in [0.1, 0.15) is 6.42 Å². The van der Waals surface area contributed by atoms with Crippen molar-refractivity contribution in [2.45, 2.75) is 6.42 Å². The molecule has 0 aromatic heterocycles. The Balaban J connectivity index is 2.19. The number of rotatable bonds is 9. The molecule has 0 heterocycles. The van der Waals surface area contributed by atoms with Crippen molar-refractivity contribution in [3.63, 3.8) is 0 Å². The maximum atomic E-state index is 5.94. The number of anilines is 1. The summed E-state index contributed by atoms with van der Waals surface area (Å²) in [5.41, 5.74) is 0.969. The van der Waals surface area contributed by atoms with Crippen molar-refractivity contribution in [2.24, 2.45) is 0 Å². The van der Waals surface area contributed by atoms with Gasteiger partial charge in [0.15, 0.2) is 0 Å².